The first-order chi connectivity index (χ1) is 27.7. The zero-order chi connectivity index (χ0) is 37.2. The maximum atomic E-state index is 7.04. The second-order valence-electron chi connectivity index (χ2n) is 15.5. The van der Waals surface area contributed by atoms with Crippen molar-refractivity contribution in [1.82, 2.24) is 0 Å². The largest absolute Gasteiger partial charge is 0.456 e. The van der Waals surface area contributed by atoms with Crippen LogP contribution in [-0.2, 0) is 6.42 Å². The molecule has 0 bridgehead atoms. The van der Waals surface area contributed by atoms with Crippen LogP contribution in [-0.4, -0.2) is 0 Å². The van der Waals surface area contributed by atoms with Gasteiger partial charge in [0, 0.05) is 49.0 Å². The van der Waals surface area contributed by atoms with Crippen LogP contribution in [0.2, 0.25) is 0 Å². The number of aryl methyl sites for hydroxylation is 1. The van der Waals surface area contributed by atoms with Gasteiger partial charge in [-0.25, -0.2) is 0 Å². The first-order valence-electron chi connectivity index (χ1n) is 20.0. The number of nitrogens with zero attached hydrogens (tertiary/aromatic N) is 1. The molecule has 0 fully saturated rings. The van der Waals surface area contributed by atoms with Crippen molar-refractivity contribution in [1.29, 1.82) is 0 Å². The van der Waals surface area contributed by atoms with Gasteiger partial charge in [0.1, 0.15) is 11.2 Å². The first kappa shape index (κ1) is 33.2. The Bertz CT molecular complexity index is 2990. The van der Waals surface area contributed by atoms with Crippen LogP contribution < -0.4 is 4.90 Å². The van der Waals surface area contributed by atoms with Gasteiger partial charge in [0.15, 0.2) is 0 Å². The van der Waals surface area contributed by atoms with Crippen LogP contribution in [0.1, 0.15) is 54.4 Å². The van der Waals surface area contributed by atoms with E-state index in [1.807, 2.05) is 11.3 Å². The van der Waals surface area contributed by atoms with Crippen molar-refractivity contribution in [3.63, 3.8) is 0 Å². The summed E-state index contributed by atoms with van der Waals surface area (Å²) < 4.78 is 9.66. The van der Waals surface area contributed by atoms with E-state index < -0.39 is 0 Å². The van der Waals surface area contributed by atoms with Gasteiger partial charge < -0.3 is 9.32 Å². The molecule has 56 heavy (non-hydrogen) atoms. The monoisotopic (exact) mass is 739 g/mol. The van der Waals surface area contributed by atoms with Gasteiger partial charge in [-0.05, 0) is 95.8 Å². The fraction of sp³-hybridized carbons (Fsp3) is 0.132. The van der Waals surface area contributed by atoms with Gasteiger partial charge in [-0.1, -0.05) is 140 Å². The van der Waals surface area contributed by atoms with Crippen LogP contribution in [0.15, 0.2) is 174 Å². The number of thiophene rings is 1. The smallest absolute Gasteiger partial charge is 0.139 e. The molecule has 6 aromatic carbocycles. The van der Waals surface area contributed by atoms with E-state index in [1.165, 1.54) is 81.6 Å². The van der Waals surface area contributed by atoms with Gasteiger partial charge in [0.25, 0.3) is 0 Å². The van der Waals surface area contributed by atoms with E-state index in [-0.39, 0.29) is 0 Å². The van der Waals surface area contributed by atoms with Gasteiger partial charge in [0.2, 0.25) is 0 Å². The number of hydrogen-bond donors (Lipinski definition) is 0. The Balaban J connectivity index is 1.17. The maximum absolute atomic E-state index is 7.04. The van der Waals surface area contributed by atoms with E-state index in [4.69, 9.17) is 4.42 Å². The molecular weight excluding hydrogens is 699 g/mol. The molecule has 0 spiro atoms. The van der Waals surface area contributed by atoms with Crippen LogP contribution in [0, 0.1) is 5.92 Å². The minimum absolute atomic E-state index is 0.346. The molecule has 2 unspecified atom stereocenters. The molecule has 0 saturated carbocycles. The van der Waals surface area contributed by atoms with Crippen LogP contribution in [0.25, 0.3) is 64.9 Å². The van der Waals surface area contributed by atoms with Crippen molar-refractivity contribution in [3.05, 3.63) is 192 Å². The summed E-state index contributed by atoms with van der Waals surface area (Å²) >= 11 is 1.89. The molecule has 270 valence electrons. The lowest BCUT2D eigenvalue weighted by atomic mass is 9.83. The molecule has 3 aliphatic carbocycles. The Morgan fingerprint density at radius 3 is 2.36 bits per heavy atom. The number of rotatable bonds is 6. The van der Waals surface area contributed by atoms with Crippen LogP contribution in [0.3, 0.4) is 0 Å². The number of fused-ring (bicyclic) bond motifs is 8. The van der Waals surface area contributed by atoms with E-state index >= 15 is 0 Å². The lowest BCUT2D eigenvalue weighted by Gasteiger charge is -2.32. The van der Waals surface area contributed by atoms with Gasteiger partial charge >= 0.3 is 0 Å². The third kappa shape index (κ3) is 5.44. The lowest BCUT2D eigenvalue weighted by molar-refractivity contribution is 0.661. The molecule has 3 heteroatoms. The number of hydrogen-bond acceptors (Lipinski definition) is 3. The molecule has 2 heterocycles. The molecule has 0 aliphatic heterocycles. The highest BCUT2D eigenvalue weighted by molar-refractivity contribution is 7.26. The summed E-state index contributed by atoms with van der Waals surface area (Å²) in [6.07, 6.45) is 22.6. The Kier molecular flexibility index (Phi) is 8.03. The molecule has 0 amide bonds. The summed E-state index contributed by atoms with van der Waals surface area (Å²) in [6.45, 7) is 2.34. The van der Waals surface area contributed by atoms with Crippen LogP contribution in [0.4, 0.5) is 11.4 Å². The Labute approximate surface area is 331 Å². The molecule has 2 aromatic heterocycles. The molecule has 11 rings (SSSR count). The van der Waals surface area contributed by atoms with Gasteiger partial charge in [0.05, 0.1) is 16.1 Å². The topological polar surface area (TPSA) is 16.4 Å². The second kappa shape index (κ2) is 13.5. The van der Waals surface area contributed by atoms with Crippen molar-refractivity contribution in [3.8, 4) is 11.1 Å². The fourth-order valence-corrected chi connectivity index (χ4v) is 10.5. The fourth-order valence-electron chi connectivity index (χ4n) is 9.30. The van der Waals surface area contributed by atoms with Crippen molar-refractivity contribution in [2.24, 2.45) is 5.92 Å². The Morgan fingerprint density at radius 2 is 1.52 bits per heavy atom. The zero-order valence-corrected chi connectivity index (χ0v) is 32.2. The average molecular weight is 740 g/mol. The molecule has 0 saturated heterocycles. The number of anilines is 2. The van der Waals surface area contributed by atoms with E-state index in [0.717, 1.165) is 42.2 Å². The van der Waals surface area contributed by atoms with Gasteiger partial charge in [-0.2, -0.15) is 0 Å². The number of allylic oxidation sites excluding steroid dienone is 8. The average Bonchev–Trinajstić information content (AvgIpc) is 3.83. The summed E-state index contributed by atoms with van der Waals surface area (Å²) in [5.41, 5.74) is 14.6. The van der Waals surface area contributed by atoms with Crippen LogP contribution >= 0.6 is 11.3 Å². The standard InChI is InChI=1S/C53H41NOS/c1-34-15-8-9-20-39(34)45-33-50-46(31-44(45)37-18-6-3-7-19-37)47-32-49(40-21-10-11-23-42(40)52(47)55-50)54(38-29-27-36(28-30-38)35-16-4-2-5-17-35)48-25-14-24-43-41-22-12-13-26-51(41)56-53(43)48/h2-10,12-14,16-22,24-27,29-34,36H,11,15,23,28H2,1H3. The summed E-state index contributed by atoms with van der Waals surface area (Å²) in [4.78, 5) is 2.55. The Morgan fingerprint density at radius 1 is 0.696 bits per heavy atom. The number of furan rings is 1. The van der Waals surface area contributed by atoms with Crippen LogP contribution in [0.5, 0.6) is 0 Å². The molecule has 0 radical (unpaired) electrons. The molecular formula is C53H41NOS. The van der Waals surface area contributed by atoms with Crippen molar-refractivity contribution in [2.45, 2.75) is 38.5 Å². The number of benzene rings is 6. The third-order valence-electron chi connectivity index (χ3n) is 12.1. The molecule has 0 N–H and O–H groups in total. The molecule has 2 atom stereocenters. The summed E-state index contributed by atoms with van der Waals surface area (Å²) in [7, 11) is 0. The highest BCUT2D eigenvalue weighted by Gasteiger charge is 2.28. The van der Waals surface area contributed by atoms with Crippen molar-refractivity contribution >= 4 is 76.5 Å². The van der Waals surface area contributed by atoms with Gasteiger partial charge in [-0.15, -0.1) is 11.3 Å². The highest BCUT2D eigenvalue weighted by Crippen LogP contribution is 2.49. The predicted octanol–water partition coefficient (Wildman–Crippen LogP) is 15.3. The molecule has 8 aromatic rings. The second-order valence-corrected chi connectivity index (χ2v) is 16.5. The van der Waals surface area contributed by atoms with Gasteiger partial charge in [-0.3, -0.25) is 0 Å². The Hall–Kier alpha value is -6.16. The first-order valence-corrected chi connectivity index (χ1v) is 20.8. The summed E-state index contributed by atoms with van der Waals surface area (Å²) in [5, 5.41) is 4.95. The third-order valence-corrected chi connectivity index (χ3v) is 13.3. The molecule has 3 aliphatic rings. The minimum atomic E-state index is 0.346. The quantitative estimate of drug-likeness (QED) is 0.169. The van der Waals surface area contributed by atoms with Crippen molar-refractivity contribution < 1.29 is 4.42 Å². The predicted molar refractivity (Wildman–Crippen MR) is 240 cm³/mol. The lowest BCUT2D eigenvalue weighted by Crippen LogP contribution is -2.19. The van der Waals surface area contributed by atoms with E-state index in [1.54, 1.807) is 0 Å². The normalized spacial score (nSPS) is 17.8. The molecule has 2 nitrogen and oxygen atoms in total. The highest BCUT2D eigenvalue weighted by atomic mass is 32.1. The van der Waals surface area contributed by atoms with Crippen molar-refractivity contribution in [2.75, 3.05) is 4.90 Å². The SMILES string of the molecule is CC1CC=CC=C1c1cc2oc3c4c(c(N(C5=CCC(c6ccccc6)C=C5)c5cccc6c5sc5ccccc56)cc3c2cc1-c1ccccc1)C=CCC4. The summed E-state index contributed by atoms with van der Waals surface area (Å²) in [5.74, 6) is 0.774. The zero-order valence-electron chi connectivity index (χ0n) is 31.4. The van der Waals surface area contributed by atoms with E-state index in [0.29, 0.717) is 11.8 Å². The summed E-state index contributed by atoms with van der Waals surface area (Å²) in [6, 6.07) is 44.6. The van der Waals surface area contributed by atoms with E-state index in [2.05, 4.69) is 182 Å². The minimum Gasteiger partial charge on any atom is -0.456 e. The maximum Gasteiger partial charge on any atom is 0.139 e. The van der Waals surface area contributed by atoms with E-state index in [9.17, 15) is 0 Å².